The Balaban J connectivity index is 2.65. The molecule has 0 aromatic heterocycles. The van der Waals surface area contributed by atoms with E-state index in [0.29, 0.717) is 0 Å². The number of amides is 1. The van der Waals surface area contributed by atoms with E-state index in [0.717, 1.165) is 6.42 Å². The van der Waals surface area contributed by atoms with Crippen LogP contribution in [0.1, 0.15) is 37.9 Å². The van der Waals surface area contributed by atoms with Crippen LogP contribution in [0.4, 0.5) is 0 Å². The number of hydrogen-bond acceptors (Lipinski definition) is 2. The van der Waals surface area contributed by atoms with Gasteiger partial charge < -0.3 is 5.73 Å². The average Bonchev–Trinajstić information content (AvgIpc) is 2.28. The fourth-order valence-electron chi connectivity index (χ4n) is 1.60. The van der Waals surface area contributed by atoms with Crippen molar-refractivity contribution in [1.29, 1.82) is 0 Å². The average molecular weight is 220 g/mol. The number of nitrogens with one attached hydrogen (secondary N) is 1. The molecule has 88 valence electrons. The van der Waals surface area contributed by atoms with E-state index in [1.165, 1.54) is 11.1 Å². The lowest BCUT2D eigenvalue weighted by Gasteiger charge is -2.18. The number of benzene rings is 1. The summed E-state index contributed by atoms with van der Waals surface area (Å²) < 4.78 is 0. The maximum Gasteiger partial charge on any atom is 0.234 e. The molecule has 1 rings (SSSR count). The highest BCUT2D eigenvalue weighted by atomic mass is 16.1. The lowest BCUT2D eigenvalue weighted by molar-refractivity contribution is -0.119. The second-order valence-electron chi connectivity index (χ2n) is 4.11. The van der Waals surface area contributed by atoms with Gasteiger partial charge in [-0.2, -0.15) is 0 Å². The second kappa shape index (κ2) is 5.66. The Morgan fingerprint density at radius 3 is 2.31 bits per heavy atom. The van der Waals surface area contributed by atoms with Crippen LogP contribution in [0.25, 0.3) is 0 Å². The topological polar surface area (TPSA) is 55.1 Å². The molecule has 0 heterocycles. The molecule has 3 nitrogen and oxygen atoms in total. The zero-order valence-electron chi connectivity index (χ0n) is 10.2. The highest BCUT2D eigenvalue weighted by molar-refractivity contribution is 5.79. The lowest BCUT2D eigenvalue weighted by Crippen LogP contribution is -2.39. The molecule has 0 saturated carbocycles. The third-order valence-electron chi connectivity index (χ3n) is 2.81. The van der Waals surface area contributed by atoms with Gasteiger partial charge in [-0.15, -0.1) is 0 Å². The third-order valence-corrected chi connectivity index (χ3v) is 2.81. The van der Waals surface area contributed by atoms with Crippen LogP contribution in [0.3, 0.4) is 0 Å². The third kappa shape index (κ3) is 3.35. The van der Waals surface area contributed by atoms with Crippen molar-refractivity contribution in [3.63, 3.8) is 0 Å². The maximum atomic E-state index is 10.9. The molecule has 1 aromatic rings. The molecule has 3 N–H and O–H groups in total. The largest absolute Gasteiger partial charge is 0.368 e. The van der Waals surface area contributed by atoms with Gasteiger partial charge in [0.15, 0.2) is 0 Å². The van der Waals surface area contributed by atoms with Crippen LogP contribution in [0.2, 0.25) is 0 Å². The van der Waals surface area contributed by atoms with Crippen LogP contribution in [0, 0.1) is 0 Å². The van der Waals surface area contributed by atoms with Crippen LogP contribution in [-0.2, 0) is 11.2 Å². The molecular weight excluding hydrogens is 200 g/mol. The molecule has 0 aliphatic rings. The van der Waals surface area contributed by atoms with E-state index in [9.17, 15) is 4.79 Å². The smallest absolute Gasteiger partial charge is 0.234 e. The molecule has 0 bridgehead atoms. The molecule has 0 saturated heterocycles. The zero-order chi connectivity index (χ0) is 12.1. The van der Waals surface area contributed by atoms with Gasteiger partial charge in [0.1, 0.15) is 0 Å². The standard InChI is InChI=1S/C13H20N2O/c1-4-11-5-7-12(8-6-11)9(2)15-10(3)13(14)16/h5-10,15H,4H2,1-3H3,(H2,14,16). The number of carbonyl (C=O) groups excluding carboxylic acids is 1. The summed E-state index contributed by atoms with van der Waals surface area (Å²) in [7, 11) is 0. The van der Waals surface area contributed by atoms with Gasteiger partial charge in [-0.1, -0.05) is 31.2 Å². The van der Waals surface area contributed by atoms with E-state index in [2.05, 4.69) is 36.5 Å². The van der Waals surface area contributed by atoms with E-state index < -0.39 is 0 Å². The molecule has 2 atom stereocenters. The van der Waals surface area contributed by atoms with Gasteiger partial charge in [0.05, 0.1) is 6.04 Å². The normalized spacial score (nSPS) is 14.4. The minimum Gasteiger partial charge on any atom is -0.368 e. The molecule has 0 fully saturated rings. The highest BCUT2D eigenvalue weighted by Crippen LogP contribution is 2.14. The van der Waals surface area contributed by atoms with Crippen molar-refractivity contribution in [3.05, 3.63) is 35.4 Å². The first-order valence-electron chi connectivity index (χ1n) is 5.68. The Kier molecular flexibility index (Phi) is 4.50. The Morgan fingerprint density at radius 2 is 1.88 bits per heavy atom. The van der Waals surface area contributed by atoms with Crippen LogP contribution < -0.4 is 11.1 Å². The van der Waals surface area contributed by atoms with Crippen molar-refractivity contribution in [2.75, 3.05) is 0 Å². The number of nitrogens with two attached hydrogens (primary N) is 1. The monoisotopic (exact) mass is 220 g/mol. The lowest BCUT2D eigenvalue weighted by atomic mass is 10.0. The summed E-state index contributed by atoms with van der Waals surface area (Å²) in [5.41, 5.74) is 7.70. The van der Waals surface area contributed by atoms with Gasteiger partial charge >= 0.3 is 0 Å². The minimum atomic E-state index is -0.322. The van der Waals surface area contributed by atoms with Gasteiger partial charge in [-0.3, -0.25) is 10.1 Å². The molecular formula is C13H20N2O. The Morgan fingerprint density at radius 1 is 1.31 bits per heavy atom. The fourth-order valence-corrected chi connectivity index (χ4v) is 1.60. The van der Waals surface area contributed by atoms with E-state index >= 15 is 0 Å². The van der Waals surface area contributed by atoms with E-state index in [1.54, 1.807) is 6.92 Å². The minimum absolute atomic E-state index is 0.133. The first-order chi connectivity index (χ1) is 7.54. The number of rotatable bonds is 5. The Hall–Kier alpha value is -1.35. The van der Waals surface area contributed by atoms with Crippen molar-refractivity contribution in [2.45, 2.75) is 39.3 Å². The van der Waals surface area contributed by atoms with Gasteiger partial charge in [0.25, 0.3) is 0 Å². The molecule has 2 unspecified atom stereocenters. The maximum absolute atomic E-state index is 10.9. The molecule has 0 radical (unpaired) electrons. The number of primary amides is 1. The van der Waals surface area contributed by atoms with Crippen LogP contribution in [0.15, 0.2) is 24.3 Å². The quantitative estimate of drug-likeness (QED) is 0.794. The van der Waals surface area contributed by atoms with Crippen molar-refractivity contribution < 1.29 is 4.79 Å². The van der Waals surface area contributed by atoms with Gasteiger partial charge in [-0.25, -0.2) is 0 Å². The van der Waals surface area contributed by atoms with Crippen molar-refractivity contribution in [3.8, 4) is 0 Å². The molecule has 16 heavy (non-hydrogen) atoms. The predicted molar refractivity (Wildman–Crippen MR) is 66.0 cm³/mol. The molecule has 0 spiro atoms. The fraction of sp³-hybridized carbons (Fsp3) is 0.462. The Bertz CT molecular complexity index is 345. The summed E-state index contributed by atoms with van der Waals surface area (Å²) in [4.78, 5) is 10.9. The first-order valence-corrected chi connectivity index (χ1v) is 5.68. The number of hydrogen-bond donors (Lipinski definition) is 2. The van der Waals surface area contributed by atoms with Gasteiger partial charge in [-0.05, 0) is 31.4 Å². The molecule has 3 heteroatoms. The molecule has 0 aliphatic heterocycles. The predicted octanol–water partition coefficient (Wildman–Crippen LogP) is 1.77. The molecule has 1 amide bonds. The van der Waals surface area contributed by atoms with Crippen molar-refractivity contribution in [2.24, 2.45) is 5.73 Å². The van der Waals surface area contributed by atoms with Gasteiger partial charge in [0, 0.05) is 6.04 Å². The van der Waals surface area contributed by atoms with Gasteiger partial charge in [0.2, 0.25) is 5.91 Å². The van der Waals surface area contributed by atoms with E-state index in [-0.39, 0.29) is 18.0 Å². The van der Waals surface area contributed by atoms with E-state index in [1.807, 2.05) is 6.92 Å². The molecule has 1 aromatic carbocycles. The Labute approximate surface area is 97.0 Å². The zero-order valence-corrected chi connectivity index (χ0v) is 10.2. The summed E-state index contributed by atoms with van der Waals surface area (Å²) >= 11 is 0. The highest BCUT2D eigenvalue weighted by Gasteiger charge is 2.12. The SMILES string of the molecule is CCc1ccc(C(C)NC(C)C(N)=O)cc1. The van der Waals surface area contributed by atoms with Crippen molar-refractivity contribution >= 4 is 5.91 Å². The molecule has 0 aliphatic carbocycles. The summed E-state index contributed by atoms with van der Waals surface area (Å²) in [5.74, 6) is -0.322. The number of carbonyl (C=O) groups is 1. The first kappa shape index (κ1) is 12.7. The van der Waals surface area contributed by atoms with Crippen molar-refractivity contribution in [1.82, 2.24) is 5.32 Å². The van der Waals surface area contributed by atoms with Crippen LogP contribution in [-0.4, -0.2) is 11.9 Å². The second-order valence-corrected chi connectivity index (χ2v) is 4.11. The number of aryl methyl sites for hydroxylation is 1. The summed E-state index contributed by atoms with van der Waals surface area (Å²) in [6.07, 6.45) is 1.04. The summed E-state index contributed by atoms with van der Waals surface area (Å²) in [6, 6.07) is 8.23. The van der Waals surface area contributed by atoms with Crippen LogP contribution in [0.5, 0.6) is 0 Å². The summed E-state index contributed by atoms with van der Waals surface area (Å²) in [6.45, 7) is 5.94. The summed E-state index contributed by atoms with van der Waals surface area (Å²) in [5, 5.41) is 3.16. The van der Waals surface area contributed by atoms with E-state index in [4.69, 9.17) is 5.73 Å². The van der Waals surface area contributed by atoms with Crippen LogP contribution >= 0.6 is 0 Å².